The predicted octanol–water partition coefficient (Wildman–Crippen LogP) is -0.0262. The molecule has 0 heterocycles. The van der Waals surface area contributed by atoms with E-state index in [2.05, 4.69) is 10.6 Å². The second-order valence-electron chi connectivity index (χ2n) is 3.71. The van der Waals surface area contributed by atoms with E-state index in [0.717, 1.165) is 5.56 Å². The highest BCUT2D eigenvalue weighted by molar-refractivity contribution is 5.82. The molecule has 0 bridgehead atoms. The second-order valence-corrected chi connectivity index (χ2v) is 3.71. The molecule has 1 rings (SSSR count). The van der Waals surface area contributed by atoms with Gasteiger partial charge in [0.15, 0.2) is 6.04 Å². The molecule has 6 heteroatoms. The van der Waals surface area contributed by atoms with Crippen molar-refractivity contribution in [1.82, 2.24) is 10.6 Å². The summed E-state index contributed by atoms with van der Waals surface area (Å²) in [5.41, 5.74) is 1.08. The molecule has 1 aromatic carbocycles. The van der Waals surface area contributed by atoms with Crippen molar-refractivity contribution in [2.45, 2.75) is 12.5 Å². The van der Waals surface area contributed by atoms with E-state index in [1.165, 1.54) is 0 Å². The average molecular weight is 252 g/mol. The molecule has 0 saturated carbocycles. The maximum Gasteiger partial charge on any atom is 0.328 e. The number of carbonyl (C=O) groups is 2. The summed E-state index contributed by atoms with van der Waals surface area (Å²) >= 11 is 0. The fraction of sp³-hybridized carbons (Fsp3) is 0.333. The summed E-state index contributed by atoms with van der Waals surface area (Å²) < 4.78 is 0. The van der Waals surface area contributed by atoms with E-state index in [1.54, 1.807) is 0 Å². The van der Waals surface area contributed by atoms with Gasteiger partial charge in [-0.15, -0.1) is 0 Å². The zero-order valence-corrected chi connectivity index (χ0v) is 9.80. The first-order valence-electron chi connectivity index (χ1n) is 5.55. The number of carboxylic acids is 1. The minimum Gasteiger partial charge on any atom is -0.480 e. The standard InChI is InChI=1S/C12H16N2O4/c15-8-10(11(16)17)14-12(18)13-7-6-9-4-2-1-3-5-9/h1-5,10,15H,6-8H2,(H,16,17)(H2,13,14,18)/t10-/m1/s1. The van der Waals surface area contributed by atoms with Crippen LogP contribution in [0.15, 0.2) is 30.3 Å². The van der Waals surface area contributed by atoms with E-state index in [4.69, 9.17) is 10.2 Å². The van der Waals surface area contributed by atoms with Crippen molar-refractivity contribution in [2.75, 3.05) is 13.2 Å². The van der Waals surface area contributed by atoms with Gasteiger partial charge >= 0.3 is 12.0 Å². The third kappa shape index (κ3) is 4.84. The Balaban J connectivity index is 2.27. The SMILES string of the molecule is O=C(NCCc1ccccc1)N[C@H](CO)C(=O)O. The molecule has 0 aliphatic carbocycles. The van der Waals surface area contributed by atoms with E-state index in [1.807, 2.05) is 30.3 Å². The van der Waals surface area contributed by atoms with Crippen LogP contribution in [0.1, 0.15) is 5.56 Å². The first-order valence-corrected chi connectivity index (χ1v) is 5.55. The molecule has 1 aromatic rings. The van der Waals surface area contributed by atoms with Crippen molar-refractivity contribution < 1.29 is 19.8 Å². The van der Waals surface area contributed by atoms with E-state index >= 15 is 0 Å². The Labute approximate surface area is 105 Å². The number of aliphatic carboxylic acids is 1. The van der Waals surface area contributed by atoms with Gasteiger partial charge in [-0.1, -0.05) is 30.3 Å². The maximum absolute atomic E-state index is 11.3. The summed E-state index contributed by atoms with van der Waals surface area (Å²) in [6, 6.07) is 7.71. The van der Waals surface area contributed by atoms with Crippen LogP contribution in [0.25, 0.3) is 0 Å². The molecule has 98 valence electrons. The lowest BCUT2D eigenvalue weighted by atomic mass is 10.1. The van der Waals surface area contributed by atoms with Crippen molar-refractivity contribution in [3.63, 3.8) is 0 Å². The molecule has 0 unspecified atom stereocenters. The molecule has 0 fully saturated rings. The Bertz CT molecular complexity index is 394. The Kier molecular flexibility index (Phi) is 5.66. The zero-order chi connectivity index (χ0) is 13.4. The third-order valence-corrected chi connectivity index (χ3v) is 2.33. The monoisotopic (exact) mass is 252 g/mol. The highest BCUT2D eigenvalue weighted by Gasteiger charge is 2.17. The van der Waals surface area contributed by atoms with Crippen LogP contribution >= 0.6 is 0 Å². The van der Waals surface area contributed by atoms with Gasteiger partial charge in [-0.25, -0.2) is 9.59 Å². The minimum absolute atomic E-state index is 0.396. The number of hydrogen-bond donors (Lipinski definition) is 4. The highest BCUT2D eigenvalue weighted by atomic mass is 16.4. The lowest BCUT2D eigenvalue weighted by molar-refractivity contribution is -0.140. The number of urea groups is 1. The largest absolute Gasteiger partial charge is 0.480 e. The number of hydrogen-bond acceptors (Lipinski definition) is 3. The van der Waals surface area contributed by atoms with Gasteiger partial charge in [0.1, 0.15) is 0 Å². The second kappa shape index (κ2) is 7.29. The first kappa shape index (κ1) is 14.0. The van der Waals surface area contributed by atoms with E-state index < -0.39 is 24.6 Å². The van der Waals surface area contributed by atoms with E-state index in [0.29, 0.717) is 13.0 Å². The fourth-order valence-corrected chi connectivity index (χ4v) is 1.36. The zero-order valence-electron chi connectivity index (χ0n) is 9.80. The lowest BCUT2D eigenvalue weighted by Crippen LogP contribution is -2.48. The third-order valence-electron chi connectivity index (χ3n) is 2.33. The molecular formula is C12H16N2O4. The number of benzene rings is 1. The van der Waals surface area contributed by atoms with Crippen molar-refractivity contribution in [2.24, 2.45) is 0 Å². The van der Waals surface area contributed by atoms with Crippen LogP contribution in [-0.4, -0.2) is 41.4 Å². The summed E-state index contributed by atoms with van der Waals surface area (Å²) in [6.07, 6.45) is 0.658. The van der Waals surface area contributed by atoms with Gasteiger partial charge in [0.2, 0.25) is 0 Å². The van der Waals surface area contributed by atoms with Crippen LogP contribution in [0, 0.1) is 0 Å². The number of nitrogens with one attached hydrogen (secondary N) is 2. The Morgan fingerprint density at radius 1 is 1.22 bits per heavy atom. The summed E-state index contributed by atoms with van der Waals surface area (Å²) in [4.78, 5) is 21.9. The van der Waals surface area contributed by atoms with Crippen molar-refractivity contribution in [1.29, 1.82) is 0 Å². The smallest absolute Gasteiger partial charge is 0.328 e. The van der Waals surface area contributed by atoms with Crippen molar-refractivity contribution in [3.8, 4) is 0 Å². The quantitative estimate of drug-likeness (QED) is 0.571. The number of rotatable bonds is 6. The van der Waals surface area contributed by atoms with Gasteiger partial charge < -0.3 is 20.8 Å². The summed E-state index contributed by atoms with van der Waals surface area (Å²) in [7, 11) is 0. The molecule has 18 heavy (non-hydrogen) atoms. The molecule has 2 amide bonds. The predicted molar refractivity (Wildman–Crippen MR) is 65.2 cm³/mol. The molecule has 0 aromatic heterocycles. The number of aliphatic hydroxyl groups excluding tert-OH is 1. The van der Waals surface area contributed by atoms with Gasteiger partial charge in [0.25, 0.3) is 0 Å². The topological polar surface area (TPSA) is 98.7 Å². The molecular weight excluding hydrogens is 236 g/mol. The first-order chi connectivity index (χ1) is 8.63. The number of carbonyl (C=O) groups excluding carboxylic acids is 1. The molecule has 0 saturated heterocycles. The molecule has 0 aliphatic rings. The molecule has 6 nitrogen and oxygen atoms in total. The highest BCUT2D eigenvalue weighted by Crippen LogP contribution is 1.97. The number of carboxylic acid groups (broad SMARTS) is 1. The Morgan fingerprint density at radius 2 is 1.89 bits per heavy atom. The van der Waals surface area contributed by atoms with Gasteiger partial charge in [-0.05, 0) is 12.0 Å². The molecule has 0 aliphatic heterocycles. The number of amides is 2. The van der Waals surface area contributed by atoms with Crippen LogP contribution in [0.2, 0.25) is 0 Å². The minimum atomic E-state index is -1.28. The van der Waals surface area contributed by atoms with E-state index in [9.17, 15) is 9.59 Å². The lowest BCUT2D eigenvalue weighted by Gasteiger charge is -2.12. The van der Waals surface area contributed by atoms with Crippen LogP contribution in [0.4, 0.5) is 4.79 Å². The van der Waals surface area contributed by atoms with Gasteiger partial charge in [0.05, 0.1) is 6.61 Å². The van der Waals surface area contributed by atoms with Crippen molar-refractivity contribution >= 4 is 12.0 Å². The van der Waals surface area contributed by atoms with E-state index in [-0.39, 0.29) is 0 Å². The molecule has 4 N–H and O–H groups in total. The van der Waals surface area contributed by atoms with Gasteiger partial charge in [-0.2, -0.15) is 0 Å². The van der Waals surface area contributed by atoms with Gasteiger partial charge in [-0.3, -0.25) is 0 Å². The Hall–Kier alpha value is -2.08. The normalized spacial score (nSPS) is 11.6. The number of aliphatic hydroxyl groups is 1. The molecule has 1 atom stereocenters. The van der Waals surface area contributed by atoms with Crippen LogP contribution in [0.5, 0.6) is 0 Å². The Morgan fingerprint density at radius 3 is 2.44 bits per heavy atom. The van der Waals surface area contributed by atoms with Crippen LogP contribution in [-0.2, 0) is 11.2 Å². The van der Waals surface area contributed by atoms with Gasteiger partial charge in [0, 0.05) is 6.54 Å². The molecule has 0 radical (unpaired) electrons. The van der Waals surface area contributed by atoms with Crippen LogP contribution < -0.4 is 10.6 Å². The average Bonchev–Trinajstić information content (AvgIpc) is 2.37. The summed E-state index contributed by atoms with van der Waals surface area (Å²) in [5, 5.41) is 22.0. The van der Waals surface area contributed by atoms with Crippen molar-refractivity contribution in [3.05, 3.63) is 35.9 Å². The fourth-order valence-electron chi connectivity index (χ4n) is 1.36. The summed E-state index contributed by atoms with van der Waals surface area (Å²) in [6.45, 7) is -0.241. The van der Waals surface area contributed by atoms with Crippen LogP contribution in [0.3, 0.4) is 0 Å². The maximum atomic E-state index is 11.3. The molecule has 0 spiro atoms. The summed E-state index contributed by atoms with van der Waals surface area (Å²) in [5.74, 6) is -1.27.